The molecule has 2 fully saturated rings. The molecule has 1 heterocycles. The largest absolute Gasteiger partial charge is 0.378 e. The van der Waals surface area contributed by atoms with Crippen LogP contribution in [0.25, 0.3) is 0 Å². The van der Waals surface area contributed by atoms with Crippen molar-refractivity contribution in [2.45, 2.75) is 50.1 Å². The molecule has 6 nitrogen and oxygen atoms in total. The van der Waals surface area contributed by atoms with Crippen LogP contribution in [0, 0.1) is 11.6 Å². The van der Waals surface area contributed by atoms with Gasteiger partial charge in [0.2, 0.25) is 5.91 Å². The summed E-state index contributed by atoms with van der Waals surface area (Å²) in [7, 11) is 0. The molecule has 2 amide bonds. The highest BCUT2D eigenvalue weighted by Crippen LogP contribution is 2.51. The Hall–Kier alpha value is -2.84. The highest BCUT2D eigenvalue weighted by molar-refractivity contribution is 5.97. The molecule has 1 saturated heterocycles. The van der Waals surface area contributed by atoms with Crippen LogP contribution in [0.5, 0.6) is 0 Å². The van der Waals surface area contributed by atoms with Gasteiger partial charge in [0.15, 0.2) is 0 Å². The van der Waals surface area contributed by atoms with E-state index in [4.69, 9.17) is 4.74 Å². The fourth-order valence-corrected chi connectivity index (χ4v) is 4.69. The van der Waals surface area contributed by atoms with Crippen LogP contribution in [0.1, 0.15) is 54.4 Å². The van der Waals surface area contributed by atoms with Crippen LogP contribution >= 0.6 is 0 Å². The van der Waals surface area contributed by atoms with Gasteiger partial charge >= 0.3 is 0 Å². The first-order chi connectivity index (χ1) is 16.9. The number of hydrogen-bond donors (Lipinski definition) is 2. The normalized spacial score (nSPS) is 22.5. The van der Waals surface area contributed by atoms with Gasteiger partial charge in [-0.1, -0.05) is 12.1 Å². The highest BCUT2D eigenvalue weighted by atomic mass is 19.1. The number of benzene rings is 2. The molecule has 2 aromatic carbocycles. The van der Waals surface area contributed by atoms with E-state index >= 15 is 0 Å². The van der Waals surface area contributed by atoms with Crippen molar-refractivity contribution in [3.63, 3.8) is 0 Å². The van der Waals surface area contributed by atoms with Crippen molar-refractivity contribution >= 4 is 11.8 Å². The molecule has 0 unspecified atom stereocenters. The lowest BCUT2D eigenvalue weighted by molar-refractivity contribution is -0.137. The van der Waals surface area contributed by atoms with E-state index in [1.807, 2.05) is 12.1 Å². The van der Waals surface area contributed by atoms with Gasteiger partial charge in [-0.05, 0) is 81.1 Å². The van der Waals surface area contributed by atoms with Crippen LogP contribution in [-0.2, 0) is 9.53 Å². The predicted octanol–water partition coefficient (Wildman–Crippen LogP) is 3.63. The third-order valence-electron chi connectivity index (χ3n) is 6.99. The first-order valence-electron chi connectivity index (χ1n) is 12.3. The number of rotatable bonds is 10. The van der Waals surface area contributed by atoms with E-state index in [1.54, 1.807) is 4.90 Å². The smallest absolute Gasteiger partial charge is 0.251 e. The minimum Gasteiger partial charge on any atom is -0.378 e. The number of ether oxygens (including phenoxy) is 1. The van der Waals surface area contributed by atoms with Gasteiger partial charge in [0.1, 0.15) is 17.7 Å². The third kappa shape index (κ3) is 6.64. The molecule has 0 spiro atoms. The lowest BCUT2D eigenvalue weighted by Gasteiger charge is -2.31. The molecule has 0 aromatic heterocycles. The van der Waals surface area contributed by atoms with Crippen LogP contribution in [0.2, 0.25) is 0 Å². The van der Waals surface area contributed by atoms with Gasteiger partial charge in [0.05, 0.1) is 13.2 Å². The van der Waals surface area contributed by atoms with Crippen molar-refractivity contribution in [2.75, 3.05) is 32.8 Å². The maximum absolute atomic E-state index is 13.2. The second-order valence-corrected chi connectivity index (χ2v) is 9.62. The van der Waals surface area contributed by atoms with Crippen LogP contribution < -0.4 is 10.6 Å². The zero-order valence-corrected chi connectivity index (χ0v) is 20.1. The van der Waals surface area contributed by atoms with Crippen LogP contribution in [0.4, 0.5) is 8.78 Å². The number of nitrogens with one attached hydrogen (secondary N) is 2. The lowest BCUT2D eigenvalue weighted by Crippen LogP contribution is -2.51. The van der Waals surface area contributed by atoms with Gasteiger partial charge in [0.25, 0.3) is 5.91 Å². The number of halogens is 2. The standard InChI is InChI=1S/C27H33F2N3O3/c1-27(18-23(27)19-5-9-21(28)10-6-19)30-13-3-2-4-24(26(34)32-14-16-35-17-15-32)31-25(33)20-7-11-22(29)12-8-20/h5-12,23-24,30H,2-4,13-18H2,1H3,(H,31,33)/t23-,24-,27+/m0/s1. The average Bonchev–Trinajstić information content (AvgIpc) is 3.55. The van der Waals surface area contributed by atoms with Crippen molar-refractivity contribution in [3.8, 4) is 0 Å². The molecule has 1 aliphatic carbocycles. The first-order valence-corrected chi connectivity index (χ1v) is 12.3. The Morgan fingerprint density at radius 2 is 1.66 bits per heavy atom. The highest BCUT2D eigenvalue weighted by Gasteiger charge is 2.50. The van der Waals surface area contributed by atoms with E-state index in [1.165, 1.54) is 36.4 Å². The quantitative estimate of drug-likeness (QED) is 0.505. The molecular formula is C27H33F2N3O3. The van der Waals surface area contributed by atoms with Crippen LogP contribution in [-0.4, -0.2) is 61.1 Å². The number of morpholine rings is 1. The summed E-state index contributed by atoms with van der Waals surface area (Å²) in [6.45, 7) is 4.95. The van der Waals surface area contributed by atoms with Crippen LogP contribution in [0.15, 0.2) is 48.5 Å². The Morgan fingerprint density at radius 3 is 2.31 bits per heavy atom. The molecule has 4 rings (SSSR count). The predicted molar refractivity (Wildman–Crippen MR) is 129 cm³/mol. The van der Waals surface area contributed by atoms with Gasteiger partial charge < -0.3 is 20.3 Å². The Morgan fingerprint density at radius 1 is 1.03 bits per heavy atom. The van der Waals surface area contributed by atoms with Crippen molar-refractivity contribution in [1.29, 1.82) is 0 Å². The maximum Gasteiger partial charge on any atom is 0.251 e. The molecule has 1 aliphatic heterocycles. The molecule has 35 heavy (non-hydrogen) atoms. The van der Waals surface area contributed by atoms with Gasteiger partial charge in [0, 0.05) is 30.1 Å². The van der Waals surface area contributed by atoms with E-state index in [9.17, 15) is 18.4 Å². The van der Waals surface area contributed by atoms with Gasteiger partial charge in [-0.15, -0.1) is 0 Å². The Labute approximate surface area is 205 Å². The van der Waals surface area contributed by atoms with E-state index < -0.39 is 11.9 Å². The summed E-state index contributed by atoms with van der Waals surface area (Å²) in [4.78, 5) is 27.6. The van der Waals surface area contributed by atoms with Gasteiger partial charge in [-0.2, -0.15) is 0 Å². The van der Waals surface area contributed by atoms with Crippen molar-refractivity contribution in [1.82, 2.24) is 15.5 Å². The number of carbonyl (C=O) groups is 2. The fraction of sp³-hybridized carbons (Fsp3) is 0.481. The number of nitrogens with zero attached hydrogens (tertiary/aromatic N) is 1. The molecule has 2 N–H and O–H groups in total. The number of carbonyl (C=O) groups excluding carboxylic acids is 2. The van der Waals surface area contributed by atoms with E-state index in [0.29, 0.717) is 44.2 Å². The number of unbranched alkanes of at least 4 members (excludes halogenated alkanes) is 1. The summed E-state index contributed by atoms with van der Waals surface area (Å²) in [6.07, 6.45) is 3.13. The molecule has 0 bridgehead atoms. The fourth-order valence-electron chi connectivity index (χ4n) is 4.69. The molecular weight excluding hydrogens is 452 g/mol. The second kappa shape index (κ2) is 11.3. The monoisotopic (exact) mass is 485 g/mol. The molecule has 0 radical (unpaired) electrons. The molecule has 1 saturated carbocycles. The molecule has 188 valence electrons. The van der Waals surface area contributed by atoms with Crippen molar-refractivity contribution < 1.29 is 23.1 Å². The summed E-state index contributed by atoms with van der Waals surface area (Å²) in [5.74, 6) is -0.767. The molecule has 2 aliphatic rings. The van der Waals surface area contributed by atoms with Gasteiger partial charge in [-0.3, -0.25) is 9.59 Å². The Bertz CT molecular complexity index is 1010. The minimum absolute atomic E-state index is 0.00233. The summed E-state index contributed by atoms with van der Waals surface area (Å²) in [5, 5.41) is 6.46. The third-order valence-corrected chi connectivity index (χ3v) is 6.99. The zero-order chi connectivity index (χ0) is 24.8. The van der Waals surface area contributed by atoms with Gasteiger partial charge in [-0.25, -0.2) is 8.78 Å². The SMILES string of the molecule is C[C@@]1(NCCCC[C@H](NC(=O)c2ccc(F)cc2)C(=O)N2CCOCC2)C[C@H]1c1ccc(F)cc1. The summed E-state index contributed by atoms with van der Waals surface area (Å²) in [6, 6.07) is 11.3. The number of hydrogen-bond acceptors (Lipinski definition) is 4. The molecule has 2 aromatic rings. The summed E-state index contributed by atoms with van der Waals surface area (Å²) >= 11 is 0. The molecule has 3 atom stereocenters. The van der Waals surface area contributed by atoms with Crippen molar-refractivity contribution in [2.24, 2.45) is 0 Å². The Balaban J connectivity index is 1.27. The average molecular weight is 486 g/mol. The topological polar surface area (TPSA) is 70.7 Å². The first kappa shape index (κ1) is 25.3. The zero-order valence-electron chi connectivity index (χ0n) is 20.1. The van der Waals surface area contributed by atoms with E-state index in [-0.39, 0.29) is 23.2 Å². The summed E-state index contributed by atoms with van der Waals surface area (Å²) in [5.41, 5.74) is 1.46. The van der Waals surface area contributed by atoms with Crippen LogP contribution in [0.3, 0.4) is 0 Å². The maximum atomic E-state index is 13.2. The minimum atomic E-state index is -0.644. The number of amides is 2. The Kier molecular flexibility index (Phi) is 8.13. The summed E-state index contributed by atoms with van der Waals surface area (Å²) < 4.78 is 31.8. The molecule has 8 heteroatoms. The lowest BCUT2D eigenvalue weighted by atomic mass is 10.1. The second-order valence-electron chi connectivity index (χ2n) is 9.62. The van der Waals surface area contributed by atoms with E-state index in [2.05, 4.69) is 17.6 Å². The van der Waals surface area contributed by atoms with E-state index in [0.717, 1.165) is 31.4 Å². The van der Waals surface area contributed by atoms with Crippen molar-refractivity contribution in [3.05, 3.63) is 71.3 Å².